The van der Waals surface area contributed by atoms with E-state index in [0.717, 1.165) is 22.4 Å². The van der Waals surface area contributed by atoms with Crippen molar-refractivity contribution >= 4 is 16.5 Å². The monoisotopic (exact) mass is 338 g/mol. The van der Waals surface area contributed by atoms with E-state index < -0.39 is 0 Å². The molecule has 24 heavy (non-hydrogen) atoms. The summed E-state index contributed by atoms with van der Waals surface area (Å²) in [6.07, 6.45) is 1.84. The maximum atomic E-state index is 6.02. The van der Waals surface area contributed by atoms with E-state index in [9.17, 15) is 0 Å². The molecular weight excluding hydrogens is 320 g/mol. The zero-order chi connectivity index (χ0) is 16.4. The predicted octanol–water partition coefficient (Wildman–Crippen LogP) is 3.57. The van der Waals surface area contributed by atoms with E-state index in [1.165, 1.54) is 5.56 Å². The van der Waals surface area contributed by atoms with Crippen LogP contribution < -0.4 is 4.90 Å². The Bertz CT molecular complexity index is 793. The molecule has 0 aliphatic carbocycles. The molecule has 2 unspecified atom stereocenters. The van der Waals surface area contributed by atoms with Crippen LogP contribution in [0.25, 0.3) is 10.7 Å². The molecule has 0 radical (unpaired) electrons. The van der Waals surface area contributed by atoms with Gasteiger partial charge in [-0.05, 0) is 24.6 Å². The molecule has 2 atom stereocenters. The van der Waals surface area contributed by atoms with Crippen LogP contribution in [-0.2, 0) is 4.74 Å². The number of pyridine rings is 1. The third kappa shape index (κ3) is 3.02. The van der Waals surface area contributed by atoms with E-state index in [4.69, 9.17) is 4.74 Å². The van der Waals surface area contributed by atoms with Gasteiger partial charge in [-0.25, -0.2) is 0 Å². The second-order valence-electron chi connectivity index (χ2n) is 5.84. The minimum atomic E-state index is 0.0598. The average Bonchev–Trinajstić information content (AvgIpc) is 3.13. The summed E-state index contributed by atoms with van der Waals surface area (Å²) in [4.78, 5) is 6.64. The molecule has 0 amide bonds. The number of rotatable bonds is 3. The van der Waals surface area contributed by atoms with Crippen LogP contribution in [0.3, 0.4) is 0 Å². The summed E-state index contributed by atoms with van der Waals surface area (Å²) in [5, 5.41) is 10.5. The van der Waals surface area contributed by atoms with E-state index in [1.807, 2.05) is 36.4 Å². The summed E-state index contributed by atoms with van der Waals surface area (Å²) in [5.41, 5.74) is 2.06. The van der Waals surface area contributed by atoms with Gasteiger partial charge in [0, 0.05) is 6.20 Å². The first-order valence-corrected chi connectivity index (χ1v) is 8.81. The Labute approximate surface area is 145 Å². The Morgan fingerprint density at radius 1 is 1.08 bits per heavy atom. The summed E-state index contributed by atoms with van der Waals surface area (Å²) in [7, 11) is 0. The first kappa shape index (κ1) is 15.2. The molecule has 1 fully saturated rings. The van der Waals surface area contributed by atoms with E-state index in [0.29, 0.717) is 6.61 Å². The van der Waals surface area contributed by atoms with Crippen molar-refractivity contribution in [1.82, 2.24) is 15.2 Å². The zero-order valence-electron chi connectivity index (χ0n) is 13.4. The molecule has 2 aromatic heterocycles. The van der Waals surface area contributed by atoms with E-state index in [2.05, 4.69) is 39.1 Å². The molecule has 6 heteroatoms. The predicted molar refractivity (Wildman–Crippen MR) is 95.1 cm³/mol. The standard InChI is InChI=1S/C18H18N4OS/c1-13-12-23-16(14-7-3-2-4-8-14)11-22(13)18-21-20-17(24-18)15-9-5-6-10-19-15/h2-10,13,16H,11-12H2,1H3. The second-order valence-corrected chi connectivity index (χ2v) is 6.79. The second kappa shape index (κ2) is 6.67. The largest absolute Gasteiger partial charge is 0.370 e. The number of aromatic nitrogens is 3. The number of morpholine rings is 1. The van der Waals surface area contributed by atoms with Crippen molar-refractivity contribution in [2.24, 2.45) is 0 Å². The number of ether oxygens (including phenoxy) is 1. The fourth-order valence-corrected chi connectivity index (χ4v) is 3.75. The summed E-state index contributed by atoms with van der Waals surface area (Å²) in [6.45, 7) is 3.61. The van der Waals surface area contributed by atoms with Crippen LogP contribution in [0.1, 0.15) is 18.6 Å². The van der Waals surface area contributed by atoms with Crippen molar-refractivity contribution in [2.45, 2.75) is 19.1 Å². The molecule has 0 spiro atoms. The molecule has 1 saturated heterocycles. The first-order valence-electron chi connectivity index (χ1n) is 7.99. The normalized spacial score (nSPS) is 21.0. The zero-order valence-corrected chi connectivity index (χ0v) is 14.2. The molecule has 5 nitrogen and oxygen atoms in total. The first-order chi connectivity index (χ1) is 11.8. The third-order valence-electron chi connectivity index (χ3n) is 4.15. The molecule has 0 bridgehead atoms. The van der Waals surface area contributed by atoms with Gasteiger partial charge < -0.3 is 9.64 Å². The van der Waals surface area contributed by atoms with Crippen LogP contribution in [0, 0.1) is 0 Å². The lowest BCUT2D eigenvalue weighted by molar-refractivity contribution is 0.0215. The molecule has 0 saturated carbocycles. The van der Waals surface area contributed by atoms with Gasteiger partial charge in [0.15, 0.2) is 5.01 Å². The smallest absolute Gasteiger partial charge is 0.209 e. The van der Waals surface area contributed by atoms with Crippen LogP contribution in [-0.4, -0.2) is 34.4 Å². The Balaban J connectivity index is 1.57. The Hall–Kier alpha value is -2.31. The number of nitrogens with zero attached hydrogens (tertiary/aromatic N) is 4. The minimum Gasteiger partial charge on any atom is -0.370 e. The average molecular weight is 338 g/mol. The summed E-state index contributed by atoms with van der Waals surface area (Å²) in [6, 6.07) is 16.4. The lowest BCUT2D eigenvalue weighted by atomic mass is 10.1. The van der Waals surface area contributed by atoms with Gasteiger partial charge in [0.2, 0.25) is 5.13 Å². The summed E-state index contributed by atoms with van der Waals surface area (Å²) in [5.74, 6) is 0. The highest BCUT2D eigenvalue weighted by Crippen LogP contribution is 2.33. The van der Waals surface area contributed by atoms with Gasteiger partial charge in [0.05, 0.1) is 19.2 Å². The highest BCUT2D eigenvalue weighted by molar-refractivity contribution is 7.18. The van der Waals surface area contributed by atoms with Crippen molar-refractivity contribution in [2.75, 3.05) is 18.1 Å². The number of hydrogen-bond donors (Lipinski definition) is 0. The molecule has 3 heterocycles. The van der Waals surface area contributed by atoms with Gasteiger partial charge in [0.1, 0.15) is 11.8 Å². The maximum absolute atomic E-state index is 6.02. The molecule has 0 N–H and O–H groups in total. The van der Waals surface area contributed by atoms with E-state index in [-0.39, 0.29) is 12.1 Å². The molecule has 122 valence electrons. The Kier molecular flexibility index (Phi) is 4.23. The van der Waals surface area contributed by atoms with Gasteiger partial charge in [-0.1, -0.05) is 47.7 Å². The Morgan fingerprint density at radius 2 is 1.92 bits per heavy atom. The lowest BCUT2D eigenvalue weighted by Crippen LogP contribution is -2.45. The third-order valence-corrected chi connectivity index (χ3v) is 5.13. The number of anilines is 1. The highest BCUT2D eigenvalue weighted by Gasteiger charge is 2.29. The van der Waals surface area contributed by atoms with Crippen molar-refractivity contribution in [3.63, 3.8) is 0 Å². The molecule has 1 aromatic carbocycles. The summed E-state index contributed by atoms with van der Waals surface area (Å²) >= 11 is 1.58. The molecule has 3 aromatic rings. The van der Waals surface area contributed by atoms with Crippen molar-refractivity contribution in [3.8, 4) is 10.7 Å². The van der Waals surface area contributed by atoms with Gasteiger partial charge in [0.25, 0.3) is 0 Å². The molecule has 1 aliphatic heterocycles. The SMILES string of the molecule is CC1COC(c2ccccc2)CN1c1nnc(-c2ccccn2)s1. The lowest BCUT2D eigenvalue weighted by Gasteiger charge is -2.37. The fourth-order valence-electron chi connectivity index (χ4n) is 2.82. The molecule has 1 aliphatic rings. The Morgan fingerprint density at radius 3 is 2.71 bits per heavy atom. The number of hydrogen-bond acceptors (Lipinski definition) is 6. The molecule has 4 rings (SSSR count). The van der Waals surface area contributed by atoms with Crippen molar-refractivity contribution < 1.29 is 4.74 Å². The number of benzene rings is 1. The molecular formula is C18H18N4OS. The summed E-state index contributed by atoms with van der Waals surface area (Å²) < 4.78 is 6.02. The van der Waals surface area contributed by atoms with Crippen LogP contribution >= 0.6 is 11.3 Å². The minimum absolute atomic E-state index is 0.0598. The van der Waals surface area contributed by atoms with Crippen molar-refractivity contribution in [3.05, 3.63) is 60.3 Å². The van der Waals surface area contributed by atoms with Gasteiger partial charge in [-0.15, -0.1) is 10.2 Å². The van der Waals surface area contributed by atoms with Crippen LogP contribution in [0.4, 0.5) is 5.13 Å². The van der Waals surface area contributed by atoms with Crippen molar-refractivity contribution in [1.29, 1.82) is 0 Å². The highest BCUT2D eigenvalue weighted by atomic mass is 32.1. The van der Waals surface area contributed by atoms with Gasteiger partial charge in [-0.2, -0.15) is 0 Å². The van der Waals surface area contributed by atoms with Gasteiger partial charge in [-0.3, -0.25) is 4.98 Å². The van der Waals surface area contributed by atoms with E-state index in [1.54, 1.807) is 17.5 Å². The fraction of sp³-hybridized carbons (Fsp3) is 0.278. The van der Waals surface area contributed by atoms with Crippen LogP contribution in [0.2, 0.25) is 0 Å². The van der Waals surface area contributed by atoms with Crippen LogP contribution in [0.15, 0.2) is 54.7 Å². The maximum Gasteiger partial charge on any atom is 0.209 e. The van der Waals surface area contributed by atoms with E-state index >= 15 is 0 Å². The van der Waals surface area contributed by atoms with Crippen LogP contribution in [0.5, 0.6) is 0 Å². The topological polar surface area (TPSA) is 51.1 Å². The quantitative estimate of drug-likeness (QED) is 0.731. The van der Waals surface area contributed by atoms with Gasteiger partial charge >= 0.3 is 0 Å².